The molecule has 0 aromatic heterocycles. The monoisotopic (exact) mass is 1100 g/mol. The van der Waals surface area contributed by atoms with Crippen LogP contribution in [0.1, 0.15) is 113 Å². The van der Waals surface area contributed by atoms with Crippen molar-refractivity contribution in [3.05, 3.63) is 0 Å². The maximum Gasteiger partial charge on any atom is 0.187 e. The summed E-state index contributed by atoms with van der Waals surface area (Å²) in [7, 11) is 0. The molecule has 1 spiro atoms. The van der Waals surface area contributed by atoms with E-state index in [1.54, 1.807) is 0 Å². The Labute approximate surface area is 449 Å². The van der Waals surface area contributed by atoms with Crippen molar-refractivity contribution < 1.29 is 114 Å². The third kappa shape index (κ3) is 8.83. The highest BCUT2D eigenvalue weighted by Crippen LogP contribution is 2.80. The number of fused-ring (bicyclic) bond motifs is 4. The molecule has 77 heavy (non-hydrogen) atoms. The highest BCUT2D eigenvalue weighted by molar-refractivity contribution is 5.59. The summed E-state index contributed by atoms with van der Waals surface area (Å²) in [5.41, 5.74) is -2.95. The van der Waals surface area contributed by atoms with Crippen molar-refractivity contribution in [1.29, 1.82) is 0 Å². The molecule has 2 bridgehead atoms. The number of ether oxygens (including phenoxy) is 9. The molecule has 23 nitrogen and oxygen atoms in total. The largest absolute Gasteiger partial charge is 0.394 e. The second kappa shape index (κ2) is 20.8. The number of aldehydes is 1. The van der Waals surface area contributed by atoms with Gasteiger partial charge >= 0.3 is 0 Å². The number of aliphatic hydroxyl groups is 13. The Morgan fingerprint density at radius 3 is 1.69 bits per heavy atom. The second-order valence-corrected chi connectivity index (χ2v) is 26.7. The van der Waals surface area contributed by atoms with Crippen LogP contribution in [0.2, 0.25) is 0 Å². The molecule has 5 saturated carbocycles. The van der Waals surface area contributed by atoms with Crippen LogP contribution in [-0.4, -0.2) is 240 Å². The van der Waals surface area contributed by atoms with E-state index in [4.69, 9.17) is 42.6 Å². The minimum absolute atomic E-state index is 0.0394. The molecule has 13 N–H and O–H groups in total. The summed E-state index contributed by atoms with van der Waals surface area (Å²) in [6.07, 6.45) is -27.5. The molecule has 0 amide bonds. The fourth-order valence-electron chi connectivity index (χ4n) is 17.9. The van der Waals surface area contributed by atoms with Gasteiger partial charge in [0.05, 0.1) is 50.3 Å². The summed E-state index contributed by atoms with van der Waals surface area (Å²) in [5, 5.41) is 143. The van der Waals surface area contributed by atoms with Gasteiger partial charge in [-0.25, -0.2) is 0 Å². The molecule has 0 radical (unpaired) electrons. The van der Waals surface area contributed by atoms with E-state index < -0.39 is 177 Å². The van der Waals surface area contributed by atoms with E-state index >= 15 is 0 Å². The molecule has 11 unspecified atom stereocenters. The van der Waals surface area contributed by atoms with Crippen LogP contribution in [-0.2, 0) is 47.4 Å². The molecule has 0 aromatic rings. The lowest BCUT2D eigenvalue weighted by molar-refractivity contribution is -0.411. The maximum atomic E-state index is 12.6. The van der Waals surface area contributed by atoms with Crippen molar-refractivity contribution in [2.45, 2.75) is 253 Å². The summed E-state index contributed by atoms with van der Waals surface area (Å²) >= 11 is 0. The first-order valence-corrected chi connectivity index (χ1v) is 28.1. The van der Waals surface area contributed by atoms with E-state index in [0.717, 1.165) is 44.8 Å². The zero-order valence-electron chi connectivity index (χ0n) is 45.3. The van der Waals surface area contributed by atoms with Crippen LogP contribution in [0.4, 0.5) is 0 Å². The molecular formula is C54H88O23. The number of carbonyl (C=O) groups is 1. The normalized spacial score (nSPS) is 58.3. The predicted molar refractivity (Wildman–Crippen MR) is 261 cm³/mol. The van der Waals surface area contributed by atoms with Gasteiger partial charge in [-0.2, -0.15) is 0 Å². The van der Waals surface area contributed by atoms with Gasteiger partial charge in [-0.3, -0.25) is 0 Å². The minimum atomic E-state index is -1.98. The highest BCUT2D eigenvalue weighted by Gasteiger charge is 2.80. The number of rotatable bonds is 12. The van der Waals surface area contributed by atoms with Crippen LogP contribution in [0, 0.1) is 50.2 Å². The van der Waals surface area contributed by atoms with E-state index in [0.29, 0.717) is 32.3 Å². The average Bonchev–Trinajstić information content (AvgIpc) is 3.76. The van der Waals surface area contributed by atoms with E-state index in [-0.39, 0.29) is 34.0 Å². The van der Waals surface area contributed by atoms with Crippen molar-refractivity contribution in [1.82, 2.24) is 0 Å². The fraction of sp³-hybridized carbons (Fsp3) is 0.981. The first-order chi connectivity index (χ1) is 36.2. The first-order valence-electron chi connectivity index (χ1n) is 28.1. The van der Waals surface area contributed by atoms with E-state index in [1.807, 2.05) is 6.92 Å². The smallest absolute Gasteiger partial charge is 0.187 e. The average molecular weight is 1110 g/mol. The van der Waals surface area contributed by atoms with Gasteiger partial charge < -0.3 is 114 Å². The molecule has 5 aliphatic heterocycles. The predicted octanol–water partition coefficient (Wildman–Crippen LogP) is -2.14. The fourth-order valence-corrected chi connectivity index (χ4v) is 17.9. The topological polar surface area (TPSA) is 363 Å². The molecule has 10 aliphatic rings. The van der Waals surface area contributed by atoms with Crippen LogP contribution in [0.25, 0.3) is 0 Å². The molecule has 10 fully saturated rings. The lowest BCUT2D eigenvalue weighted by Gasteiger charge is -2.75. The standard InChI is InChI=1S/C54H88O23/c1-23-32(60)36(64)39(67)44(70-23)76-42-38(66)34(62)25(19-56)72-46(42)77-43-41(75-45-40(68)37(65)33(61)24(18-55)71-45)35(63)26(20-57)73-47(43)74-31-10-11-50(5)27(48(31,2)3)8-12-51(6)28(50)9-13-54-29-16-49(4,21-58)14-15-53(29,22-69-54)30(59)17-52(51,54)7/h21,23-47,55-57,59-68H,8-20,22H2,1-7H3/t23-,24+,25+,26+,27?,28?,29?,30?,31?,32+,33+,34+,35-,36+,37-,38-,39+,40+,41-,42+,43+,44-,45-,46-,47-,49?,50?,51?,52?,53?,54?/m0/s1. The van der Waals surface area contributed by atoms with Crippen LogP contribution < -0.4 is 0 Å². The summed E-state index contributed by atoms with van der Waals surface area (Å²) in [6.45, 7) is 12.8. The molecule has 5 aliphatic carbocycles. The third-order valence-electron chi connectivity index (χ3n) is 22.7. The molecule has 0 aromatic carbocycles. The van der Waals surface area contributed by atoms with Crippen molar-refractivity contribution in [2.24, 2.45) is 50.2 Å². The number of carbonyl (C=O) groups excluding carboxylic acids is 1. The van der Waals surface area contributed by atoms with Gasteiger partial charge in [0, 0.05) is 16.2 Å². The second-order valence-electron chi connectivity index (χ2n) is 26.7. The zero-order chi connectivity index (χ0) is 55.9. The Hall–Kier alpha value is -1.21. The Morgan fingerprint density at radius 2 is 1.05 bits per heavy atom. The quantitative estimate of drug-likeness (QED) is 0.0732. The Morgan fingerprint density at radius 1 is 0.506 bits per heavy atom. The lowest BCUT2D eigenvalue weighted by atomic mass is 9.30. The molecule has 5 saturated heterocycles. The molecule has 442 valence electrons. The van der Waals surface area contributed by atoms with Gasteiger partial charge in [0.25, 0.3) is 0 Å². The van der Waals surface area contributed by atoms with E-state index in [9.17, 15) is 71.2 Å². The summed E-state index contributed by atoms with van der Waals surface area (Å²) in [5.74, 6) is 0.276. The van der Waals surface area contributed by atoms with Gasteiger partial charge in [-0.15, -0.1) is 0 Å². The molecule has 31 atom stereocenters. The third-order valence-corrected chi connectivity index (χ3v) is 22.7. The van der Waals surface area contributed by atoms with Crippen molar-refractivity contribution in [2.75, 3.05) is 26.4 Å². The Kier molecular flexibility index (Phi) is 16.0. The van der Waals surface area contributed by atoms with Crippen LogP contribution >= 0.6 is 0 Å². The van der Waals surface area contributed by atoms with Crippen molar-refractivity contribution in [3.8, 4) is 0 Å². The Balaban J connectivity index is 0.968. The minimum Gasteiger partial charge on any atom is -0.394 e. The number of hydrogen-bond acceptors (Lipinski definition) is 23. The lowest BCUT2D eigenvalue weighted by Crippen LogP contribution is -2.74. The van der Waals surface area contributed by atoms with Gasteiger partial charge in [0.2, 0.25) is 0 Å². The van der Waals surface area contributed by atoms with Crippen LogP contribution in [0.5, 0.6) is 0 Å². The maximum absolute atomic E-state index is 12.6. The first kappa shape index (κ1) is 59.0. The van der Waals surface area contributed by atoms with Gasteiger partial charge in [0.1, 0.15) is 97.8 Å². The zero-order valence-corrected chi connectivity index (χ0v) is 45.3. The van der Waals surface area contributed by atoms with Crippen LogP contribution in [0.15, 0.2) is 0 Å². The van der Waals surface area contributed by atoms with Gasteiger partial charge in [0.15, 0.2) is 25.2 Å². The van der Waals surface area contributed by atoms with Crippen LogP contribution in [0.3, 0.4) is 0 Å². The molecule has 5 heterocycles. The van der Waals surface area contributed by atoms with Gasteiger partial charge in [-0.1, -0.05) is 41.5 Å². The summed E-state index contributed by atoms with van der Waals surface area (Å²) < 4.78 is 57.1. The van der Waals surface area contributed by atoms with Crippen molar-refractivity contribution >= 4 is 6.29 Å². The SMILES string of the molecule is C[C@@H]1O[C@@H](O[C@H]2[C@H](O[C@H]3[C@H](OC4CCC5(C)C(CCC6(C)C5CCC57OCC8(CCC(C)(C=O)CC85)C(O)CC67C)C4(C)C)O[C@H](CO)[C@H](O)[C@@H]3O[C@@H]3O[C@H](CO)[C@@H](O)[C@H](O)[C@H]3O)O[C@H](CO)[C@@H](O)[C@@H]2O)[C@H](O)[C@H](O)[C@@H]1O. The van der Waals surface area contributed by atoms with E-state index in [1.165, 1.54) is 6.92 Å². The Bertz CT molecular complexity index is 2110. The number of aliphatic hydroxyl groups excluding tert-OH is 13. The van der Waals surface area contributed by atoms with Gasteiger partial charge in [-0.05, 0) is 105 Å². The molecule has 23 heteroatoms. The van der Waals surface area contributed by atoms with Crippen molar-refractivity contribution in [3.63, 3.8) is 0 Å². The molecular weight excluding hydrogens is 1020 g/mol. The van der Waals surface area contributed by atoms with E-state index in [2.05, 4.69) is 34.6 Å². The number of hydrogen-bond donors (Lipinski definition) is 13. The highest BCUT2D eigenvalue weighted by atomic mass is 16.8. The summed E-state index contributed by atoms with van der Waals surface area (Å²) in [6, 6.07) is 0. The molecule has 10 rings (SSSR count). The summed E-state index contributed by atoms with van der Waals surface area (Å²) in [4.78, 5) is 12.6.